The van der Waals surface area contributed by atoms with Gasteiger partial charge in [-0.05, 0) is 24.1 Å². The molecule has 1 aromatic carbocycles. The second-order valence-corrected chi connectivity index (χ2v) is 6.76. The molecule has 5 heteroatoms. The first-order chi connectivity index (χ1) is 11.3. The van der Waals surface area contributed by atoms with E-state index in [1.54, 1.807) is 7.11 Å². The molecule has 2 atom stereocenters. The monoisotopic (exact) mass is 317 g/mol. The van der Waals surface area contributed by atoms with E-state index in [2.05, 4.69) is 32.9 Å². The lowest BCUT2D eigenvalue weighted by molar-refractivity contribution is 0.0338. The first kappa shape index (κ1) is 15.4. The molecular formula is C18H27N3O2. The first-order valence-corrected chi connectivity index (χ1v) is 8.80. The molecule has 3 saturated heterocycles. The Labute approximate surface area is 138 Å². The molecule has 0 amide bonds. The molecule has 4 rings (SSSR count). The molecule has 3 aliphatic heterocycles. The fraction of sp³-hybridized carbons (Fsp3) is 0.667. The van der Waals surface area contributed by atoms with Crippen LogP contribution in [0.25, 0.3) is 0 Å². The Balaban J connectivity index is 1.57. The minimum atomic E-state index is 0.470. The molecule has 3 heterocycles. The number of nitrogens with zero attached hydrogens (tertiary/aromatic N) is 3. The molecule has 0 radical (unpaired) electrons. The van der Waals surface area contributed by atoms with Gasteiger partial charge < -0.3 is 9.47 Å². The zero-order chi connectivity index (χ0) is 15.6. The van der Waals surface area contributed by atoms with Gasteiger partial charge in [-0.15, -0.1) is 0 Å². The Morgan fingerprint density at radius 3 is 2.48 bits per heavy atom. The summed E-state index contributed by atoms with van der Waals surface area (Å²) < 4.78 is 11.1. The zero-order valence-electron chi connectivity index (χ0n) is 14.0. The van der Waals surface area contributed by atoms with Gasteiger partial charge in [0.25, 0.3) is 0 Å². The fourth-order valence-corrected chi connectivity index (χ4v) is 4.18. The number of benzene rings is 1. The van der Waals surface area contributed by atoms with E-state index in [1.165, 1.54) is 43.7 Å². The fourth-order valence-electron chi connectivity index (χ4n) is 4.18. The van der Waals surface area contributed by atoms with Crippen LogP contribution >= 0.6 is 0 Å². The minimum Gasteiger partial charge on any atom is -0.496 e. The van der Waals surface area contributed by atoms with E-state index in [4.69, 9.17) is 9.47 Å². The van der Waals surface area contributed by atoms with Gasteiger partial charge in [0.1, 0.15) is 5.75 Å². The van der Waals surface area contributed by atoms with Gasteiger partial charge in [0, 0.05) is 51.4 Å². The van der Waals surface area contributed by atoms with Gasteiger partial charge in [0.05, 0.1) is 26.5 Å². The van der Waals surface area contributed by atoms with Crippen molar-refractivity contribution in [2.45, 2.75) is 19.1 Å². The van der Waals surface area contributed by atoms with Crippen molar-refractivity contribution in [2.75, 3.05) is 59.6 Å². The van der Waals surface area contributed by atoms with Crippen molar-refractivity contribution in [3.05, 3.63) is 29.3 Å². The summed E-state index contributed by atoms with van der Waals surface area (Å²) in [4.78, 5) is 7.69. The number of ether oxygens (including phenoxy) is 2. The highest BCUT2D eigenvalue weighted by molar-refractivity contribution is 5.39. The molecule has 5 nitrogen and oxygen atoms in total. The maximum absolute atomic E-state index is 5.61. The number of rotatable bonds is 4. The van der Waals surface area contributed by atoms with Crippen molar-refractivity contribution in [2.24, 2.45) is 0 Å². The van der Waals surface area contributed by atoms with Crippen molar-refractivity contribution in [1.82, 2.24) is 14.7 Å². The van der Waals surface area contributed by atoms with Gasteiger partial charge in [-0.2, -0.15) is 0 Å². The molecule has 3 aliphatic rings. The summed E-state index contributed by atoms with van der Waals surface area (Å²) in [5, 5.41) is 0. The van der Waals surface area contributed by atoms with E-state index < -0.39 is 0 Å². The third kappa shape index (κ3) is 3.11. The summed E-state index contributed by atoms with van der Waals surface area (Å²) in [5.74, 6) is 1.01. The van der Waals surface area contributed by atoms with Gasteiger partial charge in [0.15, 0.2) is 0 Å². The number of methoxy groups -OCH3 is 1. The Morgan fingerprint density at radius 1 is 1.04 bits per heavy atom. The molecule has 1 aromatic rings. The van der Waals surface area contributed by atoms with E-state index in [0.29, 0.717) is 6.17 Å². The number of fused-ring (bicyclic) bond motifs is 2. The molecule has 0 spiro atoms. The summed E-state index contributed by atoms with van der Waals surface area (Å²) in [6.45, 7) is 9.51. The molecule has 0 saturated carbocycles. The SMILES string of the molecule is COc1ccc(C2N3CCCN2CC3)cc1CN1CCOCC1. The van der Waals surface area contributed by atoms with Crippen LogP contribution in [0.1, 0.15) is 23.7 Å². The van der Waals surface area contributed by atoms with Crippen LogP contribution in [0.2, 0.25) is 0 Å². The standard InChI is InChI=1S/C18H27N3O2/c1-22-17-4-3-15(18-20-5-2-6-21(18)8-7-20)13-16(17)14-19-9-11-23-12-10-19/h3-4,13,18H,2,5-12,14H2,1H3. The van der Waals surface area contributed by atoms with E-state index in [-0.39, 0.29) is 0 Å². The van der Waals surface area contributed by atoms with Crippen LogP contribution in [0, 0.1) is 0 Å². The highest BCUT2D eigenvalue weighted by Gasteiger charge is 2.36. The Kier molecular flexibility index (Phi) is 4.53. The quantitative estimate of drug-likeness (QED) is 0.840. The second kappa shape index (κ2) is 6.77. The molecule has 2 unspecified atom stereocenters. The van der Waals surface area contributed by atoms with Crippen LogP contribution in [0.3, 0.4) is 0 Å². The van der Waals surface area contributed by atoms with E-state index in [9.17, 15) is 0 Å². The summed E-state index contributed by atoms with van der Waals surface area (Å²) in [7, 11) is 1.77. The number of hydrogen-bond acceptors (Lipinski definition) is 5. The van der Waals surface area contributed by atoms with E-state index in [1.807, 2.05) is 0 Å². The predicted octanol–water partition coefficient (Wildman–Crippen LogP) is 1.55. The third-order valence-electron chi connectivity index (χ3n) is 5.36. The summed E-state index contributed by atoms with van der Waals surface area (Å²) in [6, 6.07) is 6.78. The Hall–Kier alpha value is -1.14. The summed E-state index contributed by atoms with van der Waals surface area (Å²) in [5.41, 5.74) is 2.73. The van der Waals surface area contributed by atoms with Gasteiger partial charge >= 0.3 is 0 Å². The van der Waals surface area contributed by atoms with Crippen LogP contribution in [-0.2, 0) is 11.3 Å². The summed E-state index contributed by atoms with van der Waals surface area (Å²) >= 11 is 0. The molecule has 0 aromatic heterocycles. The Morgan fingerprint density at radius 2 is 1.78 bits per heavy atom. The van der Waals surface area contributed by atoms with E-state index >= 15 is 0 Å². The maximum atomic E-state index is 5.61. The van der Waals surface area contributed by atoms with E-state index in [0.717, 1.165) is 38.6 Å². The number of hydrogen-bond donors (Lipinski definition) is 0. The highest BCUT2D eigenvalue weighted by atomic mass is 16.5. The smallest absolute Gasteiger partial charge is 0.123 e. The minimum absolute atomic E-state index is 0.470. The van der Waals surface area contributed by atoms with Crippen molar-refractivity contribution >= 4 is 0 Å². The lowest BCUT2D eigenvalue weighted by Gasteiger charge is -2.35. The topological polar surface area (TPSA) is 28.2 Å². The molecule has 126 valence electrons. The molecule has 0 N–H and O–H groups in total. The maximum Gasteiger partial charge on any atom is 0.123 e. The van der Waals surface area contributed by atoms with Crippen LogP contribution in [0.4, 0.5) is 0 Å². The second-order valence-electron chi connectivity index (χ2n) is 6.76. The van der Waals surface area contributed by atoms with Crippen molar-refractivity contribution in [1.29, 1.82) is 0 Å². The summed E-state index contributed by atoms with van der Waals surface area (Å²) in [6.07, 6.45) is 1.77. The number of morpholine rings is 1. The van der Waals surface area contributed by atoms with Crippen LogP contribution in [0.5, 0.6) is 5.75 Å². The van der Waals surface area contributed by atoms with Crippen molar-refractivity contribution < 1.29 is 9.47 Å². The van der Waals surface area contributed by atoms with Crippen LogP contribution in [0.15, 0.2) is 18.2 Å². The predicted molar refractivity (Wildman–Crippen MR) is 89.6 cm³/mol. The average Bonchev–Trinajstić information content (AvgIpc) is 2.84. The zero-order valence-corrected chi connectivity index (χ0v) is 14.0. The molecular weight excluding hydrogens is 290 g/mol. The Bertz CT molecular complexity index is 529. The lowest BCUT2D eigenvalue weighted by atomic mass is 10.0. The van der Waals surface area contributed by atoms with Crippen molar-refractivity contribution in [3.63, 3.8) is 0 Å². The van der Waals surface area contributed by atoms with Gasteiger partial charge in [-0.1, -0.05) is 6.07 Å². The lowest BCUT2D eigenvalue weighted by Crippen LogP contribution is -2.38. The van der Waals surface area contributed by atoms with Crippen LogP contribution < -0.4 is 4.74 Å². The molecule has 23 heavy (non-hydrogen) atoms. The molecule has 0 aliphatic carbocycles. The largest absolute Gasteiger partial charge is 0.496 e. The van der Waals surface area contributed by atoms with Gasteiger partial charge in [-0.3, -0.25) is 14.7 Å². The normalized spacial score (nSPS) is 31.3. The highest BCUT2D eigenvalue weighted by Crippen LogP contribution is 2.35. The van der Waals surface area contributed by atoms with Gasteiger partial charge in [0.2, 0.25) is 0 Å². The van der Waals surface area contributed by atoms with Gasteiger partial charge in [-0.25, -0.2) is 0 Å². The van der Waals surface area contributed by atoms with Crippen LogP contribution in [-0.4, -0.2) is 74.3 Å². The average molecular weight is 317 g/mol. The molecule has 3 fully saturated rings. The first-order valence-electron chi connectivity index (χ1n) is 8.80. The molecule has 2 bridgehead atoms. The van der Waals surface area contributed by atoms with Crippen molar-refractivity contribution in [3.8, 4) is 5.75 Å². The third-order valence-corrected chi connectivity index (χ3v) is 5.36.